The zero-order chi connectivity index (χ0) is 15.9. The van der Waals surface area contributed by atoms with Crippen LogP contribution in [0, 0.1) is 6.92 Å². The van der Waals surface area contributed by atoms with Crippen molar-refractivity contribution in [2.75, 3.05) is 14.2 Å². The highest BCUT2D eigenvalue weighted by atomic mass is 16.6. The molecule has 0 saturated carbocycles. The first-order valence-corrected chi connectivity index (χ1v) is 6.83. The predicted octanol–water partition coefficient (Wildman–Crippen LogP) is 2.88. The predicted molar refractivity (Wildman–Crippen MR) is 85.3 cm³/mol. The summed E-state index contributed by atoms with van der Waals surface area (Å²) in [5.41, 5.74) is 1.73. The van der Waals surface area contributed by atoms with Crippen LogP contribution in [0.15, 0.2) is 53.7 Å². The largest absolute Gasteiger partial charge is 0.456 e. The summed E-state index contributed by atoms with van der Waals surface area (Å²) in [6.45, 7) is 1.96. The molecule has 2 rings (SSSR count). The van der Waals surface area contributed by atoms with Crippen molar-refractivity contribution in [3.05, 3.63) is 59.7 Å². The van der Waals surface area contributed by atoms with E-state index in [0.717, 1.165) is 11.3 Å². The number of hydrogen-bond acceptors (Lipinski definition) is 4. The standard InChI is InChI=1S/C17H18N2O3/c1-12-8-4-6-10-14(12)22-15-11-7-5-9-13(15)16(19-21-3)17(20)18-2/h4-11H,1-3H3,(H,18,20)/b19-16-. The molecule has 2 aromatic carbocycles. The van der Waals surface area contributed by atoms with E-state index in [2.05, 4.69) is 10.5 Å². The molecule has 1 amide bonds. The minimum atomic E-state index is -0.345. The minimum Gasteiger partial charge on any atom is -0.456 e. The van der Waals surface area contributed by atoms with Crippen LogP contribution in [0.5, 0.6) is 11.5 Å². The highest BCUT2D eigenvalue weighted by Crippen LogP contribution is 2.28. The van der Waals surface area contributed by atoms with E-state index < -0.39 is 0 Å². The maximum Gasteiger partial charge on any atom is 0.273 e. The van der Waals surface area contributed by atoms with Crippen LogP contribution in [0.4, 0.5) is 0 Å². The highest BCUT2D eigenvalue weighted by molar-refractivity contribution is 6.45. The third kappa shape index (κ3) is 3.44. The van der Waals surface area contributed by atoms with Gasteiger partial charge in [-0.05, 0) is 30.7 Å². The van der Waals surface area contributed by atoms with Gasteiger partial charge in [-0.1, -0.05) is 35.5 Å². The molecule has 0 fully saturated rings. The van der Waals surface area contributed by atoms with Crippen molar-refractivity contribution < 1.29 is 14.4 Å². The molecular weight excluding hydrogens is 280 g/mol. The summed E-state index contributed by atoms with van der Waals surface area (Å²) in [5.74, 6) is 0.919. The van der Waals surface area contributed by atoms with Crippen molar-refractivity contribution in [2.45, 2.75) is 6.92 Å². The summed E-state index contributed by atoms with van der Waals surface area (Å²) in [6.07, 6.45) is 0. The number of nitrogens with one attached hydrogen (secondary N) is 1. The molecule has 0 radical (unpaired) electrons. The van der Waals surface area contributed by atoms with Gasteiger partial charge in [-0.25, -0.2) is 0 Å². The van der Waals surface area contributed by atoms with Gasteiger partial charge in [0.1, 0.15) is 18.6 Å². The molecular formula is C17H18N2O3. The number of benzene rings is 2. The zero-order valence-electron chi connectivity index (χ0n) is 12.8. The van der Waals surface area contributed by atoms with Crippen LogP contribution in [0.1, 0.15) is 11.1 Å². The number of rotatable bonds is 5. The van der Waals surface area contributed by atoms with Crippen LogP contribution in [0.3, 0.4) is 0 Å². The summed E-state index contributed by atoms with van der Waals surface area (Å²) in [4.78, 5) is 16.8. The number of aryl methyl sites for hydroxylation is 1. The molecule has 0 heterocycles. The molecule has 2 aromatic rings. The lowest BCUT2D eigenvalue weighted by Crippen LogP contribution is -2.28. The Morgan fingerprint density at radius 1 is 1.05 bits per heavy atom. The highest BCUT2D eigenvalue weighted by Gasteiger charge is 2.18. The second kappa shape index (κ2) is 7.26. The Labute approximate surface area is 129 Å². The molecule has 22 heavy (non-hydrogen) atoms. The van der Waals surface area contributed by atoms with Gasteiger partial charge in [-0.3, -0.25) is 4.79 Å². The van der Waals surface area contributed by atoms with E-state index in [1.807, 2.05) is 43.3 Å². The van der Waals surface area contributed by atoms with Crippen LogP contribution >= 0.6 is 0 Å². The van der Waals surface area contributed by atoms with Crippen molar-refractivity contribution in [1.82, 2.24) is 5.32 Å². The number of oxime groups is 1. The summed E-state index contributed by atoms with van der Waals surface area (Å²) < 4.78 is 5.95. The quantitative estimate of drug-likeness (QED) is 0.682. The second-order valence-electron chi connectivity index (χ2n) is 4.57. The molecule has 0 bridgehead atoms. The molecule has 0 spiro atoms. The first kappa shape index (κ1) is 15.6. The van der Waals surface area contributed by atoms with Gasteiger partial charge < -0.3 is 14.9 Å². The fourth-order valence-electron chi connectivity index (χ4n) is 1.96. The SMILES string of the molecule is CNC(=O)/C(=N\OC)c1ccccc1Oc1ccccc1C. The summed E-state index contributed by atoms with van der Waals surface area (Å²) in [7, 11) is 2.94. The Bertz CT molecular complexity index is 696. The lowest BCUT2D eigenvalue weighted by atomic mass is 10.1. The van der Waals surface area contributed by atoms with Crippen LogP contribution in [-0.4, -0.2) is 25.8 Å². The van der Waals surface area contributed by atoms with Crippen molar-refractivity contribution in [2.24, 2.45) is 5.16 Å². The van der Waals surface area contributed by atoms with Gasteiger partial charge in [-0.2, -0.15) is 0 Å². The van der Waals surface area contributed by atoms with Crippen molar-refractivity contribution >= 4 is 11.6 Å². The third-order valence-corrected chi connectivity index (χ3v) is 3.08. The maximum atomic E-state index is 12.0. The fraction of sp³-hybridized carbons (Fsp3) is 0.176. The van der Waals surface area contributed by atoms with Crippen LogP contribution in [-0.2, 0) is 9.63 Å². The van der Waals surface area contributed by atoms with Gasteiger partial charge in [0.05, 0.1) is 5.56 Å². The van der Waals surface area contributed by atoms with E-state index >= 15 is 0 Å². The van der Waals surface area contributed by atoms with Crippen molar-refractivity contribution in [1.29, 1.82) is 0 Å². The Morgan fingerprint density at radius 2 is 1.68 bits per heavy atom. The average molecular weight is 298 g/mol. The molecule has 0 aliphatic heterocycles. The van der Waals surface area contributed by atoms with E-state index in [9.17, 15) is 4.79 Å². The summed E-state index contributed by atoms with van der Waals surface area (Å²) in [5, 5.41) is 6.36. The fourth-order valence-corrected chi connectivity index (χ4v) is 1.96. The molecule has 0 aromatic heterocycles. The van der Waals surface area contributed by atoms with Crippen molar-refractivity contribution in [3.8, 4) is 11.5 Å². The van der Waals surface area contributed by atoms with E-state index in [1.165, 1.54) is 7.11 Å². The smallest absolute Gasteiger partial charge is 0.273 e. The average Bonchev–Trinajstić information content (AvgIpc) is 2.55. The number of carbonyl (C=O) groups excluding carboxylic acids is 1. The number of likely N-dealkylation sites (N-methyl/N-ethyl adjacent to an activating group) is 1. The Kier molecular flexibility index (Phi) is 5.14. The van der Waals surface area contributed by atoms with E-state index in [4.69, 9.17) is 9.57 Å². The second-order valence-corrected chi connectivity index (χ2v) is 4.57. The molecule has 0 saturated heterocycles. The molecule has 114 valence electrons. The van der Waals surface area contributed by atoms with Gasteiger partial charge in [0.2, 0.25) is 0 Å². The van der Waals surface area contributed by atoms with Gasteiger partial charge in [0, 0.05) is 7.05 Å². The van der Waals surface area contributed by atoms with Gasteiger partial charge >= 0.3 is 0 Å². The van der Waals surface area contributed by atoms with Crippen LogP contribution in [0.2, 0.25) is 0 Å². The molecule has 0 unspecified atom stereocenters. The molecule has 0 aliphatic carbocycles. The van der Waals surface area contributed by atoms with Gasteiger partial charge in [-0.15, -0.1) is 0 Å². The first-order valence-electron chi connectivity index (χ1n) is 6.83. The molecule has 0 aliphatic rings. The Morgan fingerprint density at radius 3 is 2.32 bits per heavy atom. The third-order valence-electron chi connectivity index (χ3n) is 3.08. The monoisotopic (exact) mass is 298 g/mol. The topological polar surface area (TPSA) is 59.9 Å². The zero-order valence-corrected chi connectivity index (χ0v) is 12.8. The Hall–Kier alpha value is -2.82. The van der Waals surface area contributed by atoms with E-state index in [-0.39, 0.29) is 11.6 Å². The number of carbonyl (C=O) groups is 1. The molecule has 0 atom stereocenters. The van der Waals surface area contributed by atoms with Crippen molar-refractivity contribution in [3.63, 3.8) is 0 Å². The molecule has 1 N–H and O–H groups in total. The summed E-state index contributed by atoms with van der Waals surface area (Å²) in [6, 6.07) is 14.9. The lowest BCUT2D eigenvalue weighted by Gasteiger charge is -2.13. The Balaban J connectivity index is 2.44. The number of nitrogens with zero attached hydrogens (tertiary/aromatic N) is 1. The first-order chi connectivity index (χ1) is 10.7. The minimum absolute atomic E-state index is 0.161. The summed E-state index contributed by atoms with van der Waals surface area (Å²) >= 11 is 0. The number of amides is 1. The van der Waals surface area contributed by atoms with Crippen LogP contribution < -0.4 is 10.1 Å². The van der Waals surface area contributed by atoms with Gasteiger partial charge in [0.25, 0.3) is 5.91 Å². The van der Waals surface area contributed by atoms with Gasteiger partial charge in [0.15, 0.2) is 5.71 Å². The normalized spacial score (nSPS) is 11.0. The number of hydrogen-bond donors (Lipinski definition) is 1. The van der Waals surface area contributed by atoms with E-state index in [0.29, 0.717) is 11.3 Å². The van der Waals surface area contributed by atoms with E-state index in [1.54, 1.807) is 19.2 Å². The molecule has 5 nitrogen and oxygen atoms in total. The number of ether oxygens (including phenoxy) is 1. The maximum absolute atomic E-state index is 12.0. The lowest BCUT2D eigenvalue weighted by molar-refractivity contribution is -0.114. The number of para-hydroxylation sites is 2. The molecule has 5 heteroatoms. The van der Waals surface area contributed by atoms with Crippen LogP contribution in [0.25, 0.3) is 0 Å².